The van der Waals surface area contributed by atoms with E-state index >= 15 is 0 Å². The molecule has 0 bridgehead atoms. The lowest BCUT2D eigenvalue weighted by Crippen LogP contribution is -2.37. The fourth-order valence-electron chi connectivity index (χ4n) is 4.75. The Hall–Kier alpha value is -2.05. The Labute approximate surface area is 178 Å². The van der Waals surface area contributed by atoms with Gasteiger partial charge in [-0.1, -0.05) is 18.2 Å². The van der Waals surface area contributed by atoms with Crippen molar-refractivity contribution in [3.63, 3.8) is 0 Å². The lowest BCUT2D eigenvalue weighted by molar-refractivity contribution is 0.0839. The highest BCUT2D eigenvalue weighted by Crippen LogP contribution is 2.32. The van der Waals surface area contributed by atoms with E-state index in [1.165, 1.54) is 12.1 Å². The van der Waals surface area contributed by atoms with Crippen LogP contribution in [0.5, 0.6) is 0 Å². The maximum Gasteiger partial charge on any atom is 0.181 e. The molecular weight excluding hydrogens is 401 g/mol. The fourth-order valence-corrected chi connectivity index (χ4v) is 6.82. The molecule has 1 atom stereocenters. The number of piperidine rings is 1. The van der Waals surface area contributed by atoms with Crippen LogP contribution in [0.4, 0.5) is 4.39 Å². The molecule has 160 valence electrons. The number of benzene rings is 2. The molecule has 0 aromatic heterocycles. The lowest BCUT2D eigenvalue weighted by atomic mass is 9.89. The molecule has 0 N–H and O–H groups in total. The molecule has 4 rings (SSSR count). The first-order valence-electron chi connectivity index (χ1n) is 10.8. The van der Waals surface area contributed by atoms with Crippen molar-refractivity contribution < 1.29 is 17.6 Å². The van der Waals surface area contributed by atoms with Crippen molar-refractivity contribution in [2.24, 2.45) is 5.92 Å². The van der Waals surface area contributed by atoms with Crippen molar-refractivity contribution in [3.8, 4) is 0 Å². The first kappa shape index (κ1) is 21.2. The first-order valence-corrected chi connectivity index (χ1v) is 12.3. The van der Waals surface area contributed by atoms with Crippen LogP contribution in [-0.2, 0) is 16.3 Å². The van der Waals surface area contributed by atoms with Gasteiger partial charge in [-0.2, -0.15) is 0 Å². The van der Waals surface area contributed by atoms with E-state index in [2.05, 4.69) is 4.90 Å². The second kappa shape index (κ2) is 8.98. The molecular formula is C24H28FNO3S. The highest BCUT2D eigenvalue weighted by molar-refractivity contribution is 7.92. The highest BCUT2D eigenvalue weighted by atomic mass is 32.2. The second-order valence-electron chi connectivity index (χ2n) is 8.44. The number of carbonyl (C=O) groups excluding carboxylic acids is 1. The van der Waals surface area contributed by atoms with Gasteiger partial charge in [0.1, 0.15) is 5.82 Å². The monoisotopic (exact) mass is 429 g/mol. The number of halogens is 1. The van der Waals surface area contributed by atoms with Gasteiger partial charge in [0.25, 0.3) is 0 Å². The Balaban J connectivity index is 1.25. The lowest BCUT2D eigenvalue weighted by Gasteiger charge is -2.32. The number of carbonyl (C=O) groups is 1. The summed E-state index contributed by atoms with van der Waals surface area (Å²) in [6.45, 7) is 2.56. The molecule has 4 nitrogen and oxygen atoms in total. The minimum atomic E-state index is -3.23. The zero-order chi connectivity index (χ0) is 21.1. The Bertz CT molecular complexity index is 995. The third-order valence-corrected chi connectivity index (χ3v) is 8.90. The highest BCUT2D eigenvalue weighted by Gasteiger charge is 2.33. The number of fused-ring (bicyclic) bond motifs is 1. The SMILES string of the molecule is O=C(c1ccc(F)cc1)C1CCN(CCCC2CCc3ccccc3S2(=O)=O)CC1. The molecule has 6 heteroatoms. The van der Waals surface area contributed by atoms with E-state index in [1.54, 1.807) is 24.3 Å². The summed E-state index contributed by atoms with van der Waals surface area (Å²) in [6.07, 6.45) is 4.66. The summed E-state index contributed by atoms with van der Waals surface area (Å²) in [7, 11) is -3.23. The number of nitrogens with zero attached hydrogens (tertiary/aromatic N) is 1. The summed E-state index contributed by atoms with van der Waals surface area (Å²) in [5.74, 6) is -0.242. The van der Waals surface area contributed by atoms with E-state index in [0.717, 1.165) is 50.9 Å². The maximum absolute atomic E-state index is 13.1. The smallest absolute Gasteiger partial charge is 0.181 e. The van der Waals surface area contributed by atoms with Gasteiger partial charge in [-0.25, -0.2) is 12.8 Å². The average Bonchev–Trinajstić information content (AvgIpc) is 2.76. The van der Waals surface area contributed by atoms with Crippen molar-refractivity contribution in [1.29, 1.82) is 0 Å². The zero-order valence-electron chi connectivity index (χ0n) is 17.1. The topological polar surface area (TPSA) is 54.5 Å². The van der Waals surface area contributed by atoms with Crippen molar-refractivity contribution in [2.45, 2.75) is 48.7 Å². The fraction of sp³-hybridized carbons (Fsp3) is 0.458. The van der Waals surface area contributed by atoms with Gasteiger partial charge in [0.15, 0.2) is 15.6 Å². The van der Waals surface area contributed by atoms with Crippen molar-refractivity contribution in [2.75, 3.05) is 19.6 Å². The van der Waals surface area contributed by atoms with Gasteiger partial charge in [-0.05, 0) is 94.1 Å². The van der Waals surface area contributed by atoms with E-state index in [0.29, 0.717) is 23.3 Å². The molecule has 0 radical (unpaired) electrons. The van der Waals surface area contributed by atoms with E-state index in [9.17, 15) is 17.6 Å². The molecule has 0 saturated carbocycles. The van der Waals surface area contributed by atoms with Gasteiger partial charge in [0.05, 0.1) is 10.1 Å². The Kier molecular flexibility index (Phi) is 6.34. The number of hydrogen-bond donors (Lipinski definition) is 0. The number of ketones is 1. The normalized spacial score (nSPS) is 21.8. The van der Waals surface area contributed by atoms with E-state index in [4.69, 9.17) is 0 Å². The minimum Gasteiger partial charge on any atom is -0.303 e. The molecule has 2 heterocycles. The molecule has 1 saturated heterocycles. The predicted octanol–water partition coefficient (Wildman–Crippen LogP) is 4.29. The summed E-state index contributed by atoms with van der Waals surface area (Å²) in [5.41, 5.74) is 1.53. The van der Waals surface area contributed by atoms with Crippen LogP contribution in [0.15, 0.2) is 53.4 Å². The van der Waals surface area contributed by atoms with Crippen molar-refractivity contribution >= 4 is 15.6 Å². The Morgan fingerprint density at radius 1 is 1.00 bits per heavy atom. The van der Waals surface area contributed by atoms with Gasteiger partial charge in [0.2, 0.25) is 0 Å². The van der Waals surface area contributed by atoms with Crippen LogP contribution in [0.25, 0.3) is 0 Å². The number of sulfone groups is 1. The van der Waals surface area contributed by atoms with E-state index in [-0.39, 0.29) is 22.8 Å². The minimum absolute atomic E-state index is 0.0121. The van der Waals surface area contributed by atoms with Crippen LogP contribution in [0.1, 0.15) is 48.0 Å². The summed E-state index contributed by atoms with van der Waals surface area (Å²) in [4.78, 5) is 15.4. The molecule has 1 unspecified atom stereocenters. The first-order chi connectivity index (χ1) is 14.4. The molecule has 0 amide bonds. The quantitative estimate of drug-likeness (QED) is 0.643. The Morgan fingerprint density at radius 3 is 2.43 bits per heavy atom. The third-order valence-electron chi connectivity index (χ3n) is 6.54. The molecule has 30 heavy (non-hydrogen) atoms. The summed E-state index contributed by atoms with van der Waals surface area (Å²) >= 11 is 0. The zero-order valence-corrected chi connectivity index (χ0v) is 17.9. The predicted molar refractivity (Wildman–Crippen MR) is 115 cm³/mol. The van der Waals surface area contributed by atoms with Gasteiger partial charge >= 0.3 is 0 Å². The molecule has 2 aromatic rings. The summed E-state index contributed by atoms with van der Waals surface area (Å²) in [6, 6.07) is 13.1. The summed E-state index contributed by atoms with van der Waals surface area (Å²) in [5, 5.41) is -0.287. The van der Waals surface area contributed by atoms with Crippen molar-refractivity contribution in [3.05, 3.63) is 65.5 Å². The van der Waals surface area contributed by atoms with E-state index in [1.807, 2.05) is 12.1 Å². The van der Waals surface area contributed by atoms with Crippen LogP contribution in [0, 0.1) is 11.7 Å². The Morgan fingerprint density at radius 2 is 1.70 bits per heavy atom. The van der Waals surface area contributed by atoms with Gasteiger partial charge in [-0.15, -0.1) is 0 Å². The molecule has 0 aliphatic carbocycles. The van der Waals surface area contributed by atoms with Crippen LogP contribution >= 0.6 is 0 Å². The van der Waals surface area contributed by atoms with Crippen LogP contribution in [0.3, 0.4) is 0 Å². The van der Waals surface area contributed by atoms with Gasteiger partial charge in [-0.3, -0.25) is 4.79 Å². The molecule has 2 aromatic carbocycles. The van der Waals surface area contributed by atoms with Crippen LogP contribution in [0.2, 0.25) is 0 Å². The molecule has 0 spiro atoms. The largest absolute Gasteiger partial charge is 0.303 e. The number of Topliss-reactive ketones (excluding diaryl/α,β-unsaturated/α-hetero) is 1. The molecule has 1 fully saturated rings. The van der Waals surface area contributed by atoms with Crippen LogP contribution in [-0.4, -0.2) is 44.0 Å². The van der Waals surface area contributed by atoms with E-state index < -0.39 is 9.84 Å². The standard InChI is InChI=1S/C24H28FNO3S/c25-21-10-7-19(8-11-21)24(27)20-13-16-26(17-14-20)15-3-5-22-12-9-18-4-1-2-6-23(18)30(22,28)29/h1-2,4,6-8,10-11,20,22H,3,5,9,12-17H2. The number of hydrogen-bond acceptors (Lipinski definition) is 4. The van der Waals surface area contributed by atoms with Crippen molar-refractivity contribution in [1.82, 2.24) is 4.90 Å². The number of rotatable bonds is 6. The van der Waals surface area contributed by atoms with Gasteiger partial charge < -0.3 is 4.90 Å². The second-order valence-corrected chi connectivity index (χ2v) is 10.6. The maximum atomic E-state index is 13.1. The number of aryl methyl sites for hydroxylation is 1. The summed E-state index contributed by atoms with van der Waals surface area (Å²) < 4.78 is 38.8. The average molecular weight is 430 g/mol. The third kappa shape index (κ3) is 4.49. The molecule has 2 aliphatic heterocycles. The molecule has 2 aliphatic rings. The van der Waals surface area contributed by atoms with Gasteiger partial charge in [0, 0.05) is 11.5 Å². The number of likely N-dealkylation sites (tertiary alicyclic amines) is 1. The van der Waals surface area contributed by atoms with Crippen LogP contribution < -0.4 is 0 Å².